The predicted octanol–water partition coefficient (Wildman–Crippen LogP) is 1.77. The molecule has 10 nitrogen and oxygen atoms in total. The summed E-state index contributed by atoms with van der Waals surface area (Å²) in [4.78, 5) is 16.5. The maximum Gasteiger partial charge on any atom is 0.240 e. The first-order valence-corrected chi connectivity index (χ1v) is 13.5. The number of aromatic nitrogens is 2. The third kappa shape index (κ3) is 6.03. The molecule has 0 radical (unpaired) electrons. The number of carbonyl (C=O) groups is 1. The number of anilines is 1. The molecule has 4 rings (SSSR count). The first-order chi connectivity index (χ1) is 15.7. The van der Waals surface area contributed by atoms with Gasteiger partial charge in [0, 0.05) is 30.1 Å². The summed E-state index contributed by atoms with van der Waals surface area (Å²) < 4.78 is 55.6. The fourth-order valence-electron chi connectivity index (χ4n) is 3.40. The third-order valence-electron chi connectivity index (χ3n) is 5.07. The largest absolute Gasteiger partial charge is 0.339 e. The number of benzene rings is 2. The van der Waals surface area contributed by atoms with Crippen LogP contribution in [0.4, 0.5) is 5.69 Å². The molecule has 0 bridgehead atoms. The standard InChI is InChI=1S/C21H22N4O6S2/c26-19(10-11-20-23-21(24-31-20)15-4-2-1-3-5-15)22-16-6-8-18(9-7-16)33(29,30)25-17-12-13-32(27,28)14-17/h1-9,17,25H,10-14H2,(H,22,26)/t17-/m1/s1. The van der Waals surface area contributed by atoms with Crippen LogP contribution in [0.5, 0.6) is 0 Å². The van der Waals surface area contributed by atoms with Gasteiger partial charge in [-0.05, 0) is 30.7 Å². The number of hydrogen-bond acceptors (Lipinski definition) is 8. The highest BCUT2D eigenvalue weighted by molar-refractivity contribution is 7.92. The van der Waals surface area contributed by atoms with Crippen molar-refractivity contribution in [1.29, 1.82) is 0 Å². The van der Waals surface area contributed by atoms with Gasteiger partial charge in [-0.3, -0.25) is 4.79 Å². The second kappa shape index (κ2) is 9.41. The van der Waals surface area contributed by atoms with Crippen molar-refractivity contribution < 1.29 is 26.2 Å². The number of sulfone groups is 1. The van der Waals surface area contributed by atoms with Crippen molar-refractivity contribution in [3.8, 4) is 11.4 Å². The van der Waals surface area contributed by atoms with Crippen molar-refractivity contribution in [3.63, 3.8) is 0 Å². The molecular weight excluding hydrogens is 468 g/mol. The van der Waals surface area contributed by atoms with Gasteiger partial charge in [-0.1, -0.05) is 35.5 Å². The average molecular weight is 491 g/mol. The van der Waals surface area contributed by atoms with E-state index in [1.54, 1.807) is 0 Å². The van der Waals surface area contributed by atoms with Crippen LogP contribution in [0.15, 0.2) is 64.0 Å². The second-order valence-electron chi connectivity index (χ2n) is 7.67. The van der Waals surface area contributed by atoms with E-state index in [9.17, 15) is 21.6 Å². The van der Waals surface area contributed by atoms with E-state index in [1.165, 1.54) is 24.3 Å². The van der Waals surface area contributed by atoms with Crippen LogP contribution in [0.3, 0.4) is 0 Å². The van der Waals surface area contributed by atoms with Gasteiger partial charge in [0.1, 0.15) is 0 Å². The molecular formula is C21H22N4O6S2. The summed E-state index contributed by atoms with van der Waals surface area (Å²) in [7, 11) is -7.06. The van der Waals surface area contributed by atoms with E-state index >= 15 is 0 Å². The molecule has 1 atom stereocenters. The van der Waals surface area contributed by atoms with Crippen LogP contribution in [0.1, 0.15) is 18.7 Å². The van der Waals surface area contributed by atoms with E-state index in [4.69, 9.17) is 4.52 Å². The van der Waals surface area contributed by atoms with Gasteiger partial charge in [-0.15, -0.1) is 0 Å². The second-order valence-corrected chi connectivity index (χ2v) is 11.6. The molecule has 2 N–H and O–H groups in total. The van der Waals surface area contributed by atoms with Crippen LogP contribution in [0.2, 0.25) is 0 Å². The molecule has 1 fully saturated rings. The summed E-state index contributed by atoms with van der Waals surface area (Å²) in [5, 5.41) is 6.60. The van der Waals surface area contributed by atoms with Crippen molar-refractivity contribution in [2.24, 2.45) is 0 Å². The fourth-order valence-corrected chi connectivity index (χ4v) is 6.45. The number of carbonyl (C=O) groups excluding carboxylic acids is 1. The third-order valence-corrected chi connectivity index (χ3v) is 8.37. The van der Waals surface area contributed by atoms with E-state index in [-0.39, 0.29) is 41.6 Å². The van der Waals surface area contributed by atoms with Gasteiger partial charge in [-0.25, -0.2) is 21.6 Å². The zero-order valence-electron chi connectivity index (χ0n) is 17.5. The molecule has 0 saturated carbocycles. The van der Waals surface area contributed by atoms with Gasteiger partial charge >= 0.3 is 0 Å². The Morgan fingerprint density at radius 2 is 1.82 bits per heavy atom. The molecule has 0 unspecified atom stereocenters. The Kier molecular flexibility index (Phi) is 6.58. The van der Waals surface area contributed by atoms with E-state index in [0.717, 1.165) is 5.56 Å². The molecule has 174 valence electrons. The molecule has 0 aliphatic carbocycles. The van der Waals surface area contributed by atoms with Gasteiger partial charge in [0.05, 0.1) is 16.4 Å². The Morgan fingerprint density at radius 3 is 2.48 bits per heavy atom. The molecule has 1 aromatic heterocycles. The first kappa shape index (κ1) is 23.1. The highest BCUT2D eigenvalue weighted by Crippen LogP contribution is 2.19. The van der Waals surface area contributed by atoms with Crippen LogP contribution in [-0.2, 0) is 31.1 Å². The fraction of sp³-hybridized carbons (Fsp3) is 0.286. The Balaban J connectivity index is 1.30. The lowest BCUT2D eigenvalue weighted by molar-refractivity contribution is -0.116. The highest BCUT2D eigenvalue weighted by atomic mass is 32.2. The quantitative estimate of drug-likeness (QED) is 0.485. The lowest BCUT2D eigenvalue weighted by atomic mass is 10.2. The number of amides is 1. The Labute approximate surface area is 191 Å². The van der Waals surface area contributed by atoms with Crippen molar-refractivity contribution in [1.82, 2.24) is 14.9 Å². The molecule has 2 aromatic carbocycles. The predicted molar refractivity (Wildman–Crippen MR) is 121 cm³/mol. The maximum absolute atomic E-state index is 12.5. The minimum Gasteiger partial charge on any atom is -0.339 e. The van der Waals surface area contributed by atoms with Crippen molar-refractivity contribution in [2.45, 2.75) is 30.2 Å². The molecule has 1 saturated heterocycles. The van der Waals surface area contributed by atoms with Crippen LogP contribution >= 0.6 is 0 Å². The number of rotatable bonds is 8. The minimum atomic E-state index is -3.86. The summed E-state index contributed by atoms with van der Waals surface area (Å²) in [5.41, 5.74) is 1.24. The Morgan fingerprint density at radius 1 is 1.09 bits per heavy atom. The number of nitrogens with zero attached hydrogens (tertiary/aromatic N) is 2. The molecule has 2 heterocycles. The van der Waals surface area contributed by atoms with Crippen LogP contribution in [-0.4, -0.2) is 50.4 Å². The molecule has 1 aliphatic rings. The van der Waals surface area contributed by atoms with E-state index in [2.05, 4.69) is 20.2 Å². The average Bonchev–Trinajstić information content (AvgIpc) is 3.39. The monoisotopic (exact) mass is 490 g/mol. The summed E-state index contributed by atoms with van der Waals surface area (Å²) in [6.07, 6.45) is 0.614. The van der Waals surface area contributed by atoms with Crippen LogP contribution in [0, 0.1) is 0 Å². The summed E-state index contributed by atoms with van der Waals surface area (Å²) in [5.74, 6) is 0.270. The van der Waals surface area contributed by atoms with Crippen molar-refractivity contribution in [2.75, 3.05) is 16.8 Å². The lowest BCUT2D eigenvalue weighted by Crippen LogP contribution is -2.35. The number of sulfonamides is 1. The Hall–Kier alpha value is -3.09. The van der Waals surface area contributed by atoms with Crippen LogP contribution in [0.25, 0.3) is 11.4 Å². The van der Waals surface area contributed by atoms with Gasteiger partial charge in [0.2, 0.25) is 27.6 Å². The number of nitrogens with one attached hydrogen (secondary N) is 2. The normalized spacial score (nSPS) is 17.6. The van der Waals surface area contributed by atoms with Gasteiger partial charge in [0.25, 0.3) is 0 Å². The van der Waals surface area contributed by atoms with Crippen LogP contribution < -0.4 is 10.0 Å². The van der Waals surface area contributed by atoms with Gasteiger partial charge in [0.15, 0.2) is 9.84 Å². The van der Waals surface area contributed by atoms with Crippen molar-refractivity contribution >= 4 is 31.5 Å². The Bertz CT molecular complexity index is 1340. The topological polar surface area (TPSA) is 148 Å². The van der Waals surface area contributed by atoms with Gasteiger partial charge < -0.3 is 9.84 Å². The molecule has 1 amide bonds. The summed E-state index contributed by atoms with van der Waals surface area (Å²) >= 11 is 0. The molecule has 3 aromatic rings. The minimum absolute atomic E-state index is 0.0101. The molecule has 33 heavy (non-hydrogen) atoms. The number of aryl methyl sites for hydroxylation is 1. The number of hydrogen-bond donors (Lipinski definition) is 2. The highest BCUT2D eigenvalue weighted by Gasteiger charge is 2.31. The zero-order valence-corrected chi connectivity index (χ0v) is 19.1. The van der Waals surface area contributed by atoms with E-state index in [0.29, 0.717) is 17.4 Å². The smallest absolute Gasteiger partial charge is 0.240 e. The first-order valence-electron chi connectivity index (χ1n) is 10.2. The maximum atomic E-state index is 12.5. The summed E-state index contributed by atoms with van der Waals surface area (Å²) in [6.45, 7) is 0. The molecule has 0 spiro atoms. The van der Waals surface area contributed by atoms with Gasteiger partial charge in [-0.2, -0.15) is 4.98 Å². The summed E-state index contributed by atoms with van der Waals surface area (Å²) in [6, 6.07) is 14.3. The van der Waals surface area contributed by atoms with Crippen molar-refractivity contribution in [3.05, 3.63) is 60.5 Å². The van der Waals surface area contributed by atoms with E-state index in [1.807, 2.05) is 30.3 Å². The SMILES string of the molecule is O=C(CCc1nc(-c2ccccc2)no1)Nc1ccc(S(=O)(=O)N[C@@H]2CCS(=O)(=O)C2)cc1. The molecule has 12 heteroatoms. The molecule has 1 aliphatic heterocycles. The van der Waals surface area contributed by atoms with E-state index < -0.39 is 25.9 Å². The lowest BCUT2D eigenvalue weighted by Gasteiger charge is -2.12. The zero-order chi connectivity index (χ0) is 23.5.